The number of carboxylic acid groups (broad SMARTS) is 1. The number of unbranched alkanes of at least 4 members (excludes halogenated alkanes) is 1. The van der Waals surface area contributed by atoms with E-state index in [1.165, 1.54) is 6.92 Å². The largest absolute Gasteiger partial charge is 0.480 e. The summed E-state index contributed by atoms with van der Waals surface area (Å²) in [6.45, 7) is 1.51. The minimum absolute atomic E-state index is 0.235. The number of ether oxygens (including phenoxy) is 1. The molecule has 0 bridgehead atoms. The van der Waals surface area contributed by atoms with E-state index in [0.717, 1.165) is 5.56 Å². The van der Waals surface area contributed by atoms with E-state index in [4.69, 9.17) is 9.84 Å². The van der Waals surface area contributed by atoms with Gasteiger partial charge in [-0.25, -0.2) is 4.79 Å². The molecule has 0 fully saturated rings. The third-order valence-electron chi connectivity index (χ3n) is 3.04. The topological polar surface area (TPSA) is 92.7 Å². The van der Waals surface area contributed by atoms with Crippen molar-refractivity contribution in [2.75, 3.05) is 0 Å². The van der Waals surface area contributed by atoms with Crippen LogP contribution in [0.4, 0.5) is 0 Å². The highest BCUT2D eigenvalue weighted by atomic mass is 16.5. The van der Waals surface area contributed by atoms with Crippen molar-refractivity contribution in [1.29, 1.82) is 0 Å². The summed E-state index contributed by atoms with van der Waals surface area (Å²) in [5.74, 6) is -1.76. The molecule has 0 unspecified atom stereocenters. The Morgan fingerprint density at radius 3 is 2.45 bits per heavy atom. The van der Waals surface area contributed by atoms with E-state index in [1.807, 2.05) is 30.3 Å². The van der Waals surface area contributed by atoms with E-state index < -0.39 is 12.0 Å². The quantitative estimate of drug-likeness (QED) is 0.537. The zero-order valence-electron chi connectivity index (χ0n) is 12.6. The Labute approximate surface area is 129 Å². The number of aliphatic carboxylic acids is 1. The number of carbonyl (C=O) groups is 3. The van der Waals surface area contributed by atoms with E-state index in [-0.39, 0.29) is 24.9 Å². The molecule has 0 saturated carbocycles. The third kappa shape index (κ3) is 7.42. The van der Waals surface area contributed by atoms with Gasteiger partial charge in [-0.3, -0.25) is 9.59 Å². The van der Waals surface area contributed by atoms with E-state index in [0.29, 0.717) is 19.3 Å². The maximum absolute atomic E-state index is 11.6. The minimum atomic E-state index is -1.07. The summed E-state index contributed by atoms with van der Waals surface area (Å²) in [6.07, 6.45) is 1.58. The molecule has 6 heteroatoms. The lowest BCUT2D eigenvalue weighted by Gasteiger charge is -2.12. The van der Waals surface area contributed by atoms with Crippen LogP contribution in [0.1, 0.15) is 38.2 Å². The summed E-state index contributed by atoms with van der Waals surface area (Å²) in [5, 5.41) is 11.3. The molecule has 0 heterocycles. The summed E-state index contributed by atoms with van der Waals surface area (Å²) >= 11 is 0. The van der Waals surface area contributed by atoms with Gasteiger partial charge in [-0.1, -0.05) is 36.8 Å². The number of hydrogen-bond acceptors (Lipinski definition) is 4. The summed E-state index contributed by atoms with van der Waals surface area (Å²) in [7, 11) is 0. The van der Waals surface area contributed by atoms with Crippen LogP contribution in [0.3, 0.4) is 0 Å². The first-order valence-corrected chi connectivity index (χ1v) is 7.18. The number of carboxylic acids is 1. The molecule has 1 rings (SSSR count). The Morgan fingerprint density at radius 1 is 1.18 bits per heavy atom. The van der Waals surface area contributed by atoms with Gasteiger partial charge >= 0.3 is 11.9 Å². The standard InChI is InChI=1S/C16H21NO5/c1-12(18)17-14(16(20)21)9-5-6-10-15(19)22-11-13-7-3-2-4-8-13/h2-4,7-8,14H,5-6,9-11H2,1H3,(H,17,18)(H,20,21)/t14-/m0/s1. The zero-order valence-corrected chi connectivity index (χ0v) is 12.6. The molecule has 0 aliphatic carbocycles. The molecule has 0 spiro atoms. The molecule has 120 valence electrons. The number of hydrogen-bond donors (Lipinski definition) is 2. The van der Waals surface area contributed by atoms with Gasteiger partial charge in [0.1, 0.15) is 12.6 Å². The van der Waals surface area contributed by atoms with Crippen molar-refractivity contribution in [2.24, 2.45) is 0 Å². The molecular formula is C16H21NO5. The average Bonchev–Trinajstić information content (AvgIpc) is 2.48. The Balaban J connectivity index is 2.19. The Hall–Kier alpha value is -2.37. The van der Waals surface area contributed by atoms with Crippen molar-refractivity contribution in [3.63, 3.8) is 0 Å². The van der Waals surface area contributed by atoms with Crippen LogP contribution < -0.4 is 5.32 Å². The lowest BCUT2D eigenvalue weighted by molar-refractivity contribution is -0.145. The zero-order chi connectivity index (χ0) is 16.4. The van der Waals surface area contributed by atoms with Crippen LogP contribution in [0.15, 0.2) is 30.3 Å². The summed E-state index contributed by atoms with van der Waals surface area (Å²) in [6, 6.07) is 8.47. The van der Waals surface area contributed by atoms with Crippen LogP contribution >= 0.6 is 0 Å². The fraction of sp³-hybridized carbons (Fsp3) is 0.438. The molecule has 0 radical (unpaired) electrons. The first kappa shape index (κ1) is 17.7. The predicted molar refractivity (Wildman–Crippen MR) is 79.9 cm³/mol. The average molecular weight is 307 g/mol. The van der Waals surface area contributed by atoms with E-state index in [9.17, 15) is 14.4 Å². The molecule has 0 aliphatic heterocycles. The monoisotopic (exact) mass is 307 g/mol. The van der Waals surface area contributed by atoms with Crippen molar-refractivity contribution in [2.45, 2.75) is 45.3 Å². The number of nitrogens with one attached hydrogen (secondary N) is 1. The highest BCUT2D eigenvalue weighted by Crippen LogP contribution is 2.07. The van der Waals surface area contributed by atoms with Crippen LogP contribution in [0.5, 0.6) is 0 Å². The second-order valence-corrected chi connectivity index (χ2v) is 4.98. The molecule has 1 aromatic rings. The molecule has 1 amide bonds. The number of amides is 1. The highest BCUT2D eigenvalue weighted by molar-refractivity contribution is 5.81. The second-order valence-electron chi connectivity index (χ2n) is 4.98. The van der Waals surface area contributed by atoms with Crippen LogP contribution in [-0.2, 0) is 25.7 Å². The van der Waals surface area contributed by atoms with Gasteiger partial charge in [0.15, 0.2) is 0 Å². The SMILES string of the molecule is CC(=O)N[C@@H](CCCCC(=O)OCc1ccccc1)C(=O)O. The van der Waals surface area contributed by atoms with Crippen molar-refractivity contribution in [3.8, 4) is 0 Å². The normalized spacial score (nSPS) is 11.5. The van der Waals surface area contributed by atoms with Crippen molar-refractivity contribution < 1.29 is 24.2 Å². The number of benzene rings is 1. The Bertz CT molecular complexity index is 501. The fourth-order valence-electron chi connectivity index (χ4n) is 1.93. The molecule has 6 nitrogen and oxygen atoms in total. The van der Waals surface area contributed by atoms with Crippen molar-refractivity contribution >= 4 is 17.8 Å². The highest BCUT2D eigenvalue weighted by Gasteiger charge is 2.17. The van der Waals surface area contributed by atoms with Gasteiger partial charge in [-0.05, 0) is 18.4 Å². The second kappa shape index (κ2) is 9.55. The van der Waals surface area contributed by atoms with Gasteiger partial charge in [-0.2, -0.15) is 0 Å². The lowest BCUT2D eigenvalue weighted by Crippen LogP contribution is -2.39. The Kier molecular flexibility index (Phi) is 7.67. The maximum atomic E-state index is 11.6. The van der Waals surface area contributed by atoms with Gasteiger partial charge in [-0.15, -0.1) is 0 Å². The smallest absolute Gasteiger partial charge is 0.326 e. The fourth-order valence-corrected chi connectivity index (χ4v) is 1.93. The first-order chi connectivity index (χ1) is 10.5. The number of carbonyl (C=O) groups excluding carboxylic acids is 2. The van der Waals surface area contributed by atoms with Gasteiger partial charge in [0, 0.05) is 13.3 Å². The molecule has 0 saturated heterocycles. The minimum Gasteiger partial charge on any atom is -0.480 e. The van der Waals surface area contributed by atoms with Crippen LogP contribution in [0, 0.1) is 0 Å². The summed E-state index contributed by atoms with van der Waals surface area (Å²) < 4.78 is 5.12. The summed E-state index contributed by atoms with van der Waals surface area (Å²) in [5.41, 5.74) is 0.924. The molecular weight excluding hydrogens is 286 g/mol. The lowest BCUT2D eigenvalue weighted by atomic mass is 10.1. The molecule has 1 atom stereocenters. The van der Waals surface area contributed by atoms with Crippen LogP contribution in [-0.4, -0.2) is 29.0 Å². The van der Waals surface area contributed by atoms with Crippen LogP contribution in [0.25, 0.3) is 0 Å². The van der Waals surface area contributed by atoms with Gasteiger partial charge in [0.2, 0.25) is 5.91 Å². The van der Waals surface area contributed by atoms with Gasteiger partial charge in [0.05, 0.1) is 0 Å². The molecule has 22 heavy (non-hydrogen) atoms. The third-order valence-corrected chi connectivity index (χ3v) is 3.04. The van der Waals surface area contributed by atoms with E-state index in [2.05, 4.69) is 5.32 Å². The predicted octanol–water partition coefficient (Wildman–Crippen LogP) is 1.88. The van der Waals surface area contributed by atoms with Gasteiger partial charge in [0.25, 0.3) is 0 Å². The van der Waals surface area contributed by atoms with Gasteiger partial charge < -0.3 is 15.2 Å². The first-order valence-electron chi connectivity index (χ1n) is 7.18. The number of esters is 1. The molecule has 0 aromatic heterocycles. The van der Waals surface area contributed by atoms with E-state index >= 15 is 0 Å². The van der Waals surface area contributed by atoms with Crippen molar-refractivity contribution in [1.82, 2.24) is 5.32 Å². The summed E-state index contributed by atoms with van der Waals surface area (Å²) in [4.78, 5) is 33.4. The molecule has 1 aromatic carbocycles. The van der Waals surface area contributed by atoms with Crippen LogP contribution in [0.2, 0.25) is 0 Å². The Morgan fingerprint density at radius 2 is 1.86 bits per heavy atom. The number of rotatable bonds is 9. The van der Waals surface area contributed by atoms with Crippen molar-refractivity contribution in [3.05, 3.63) is 35.9 Å². The van der Waals surface area contributed by atoms with E-state index in [1.54, 1.807) is 0 Å². The molecule has 2 N–H and O–H groups in total. The maximum Gasteiger partial charge on any atom is 0.326 e. The molecule has 0 aliphatic rings.